The molecule has 1 atom stereocenters. The lowest BCUT2D eigenvalue weighted by atomic mass is 9.97. The van der Waals surface area contributed by atoms with Crippen molar-refractivity contribution < 1.29 is 9.21 Å². The Kier molecular flexibility index (Phi) is 3.99. The first kappa shape index (κ1) is 14.1. The third-order valence-corrected chi connectivity index (χ3v) is 3.85. The lowest BCUT2D eigenvalue weighted by Gasteiger charge is -2.34. The van der Waals surface area contributed by atoms with Crippen molar-refractivity contribution in [2.75, 3.05) is 6.54 Å². The Hall–Kier alpha value is -1.29. The highest BCUT2D eigenvalue weighted by atomic mass is 16.3. The second-order valence-electron chi connectivity index (χ2n) is 5.90. The van der Waals surface area contributed by atoms with Gasteiger partial charge in [0.25, 0.3) is 0 Å². The van der Waals surface area contributed by atoms with E-state index >= 15 is 0 Å². The van der Waals surface area contributed by atoms with Gasteiger partial charge >= 0.3 is 0 Å². The van der Waals surface area contributed by atoms with E-state index in [1.54, 1.807) is 0 Å². The van der Waals surface area contributed by atoms with Gasteiger partial charge in [0.1, 0.15) is 11.5 Å². The molecule has 1 aromatic heterocycles. The number of furan rings is 1. The number of carbonyl (C=O) groups is 1. The highest BCUT2D eigenvalue weighted by molar-refractivity contribution is 5.86. The van der Waals surface area contributed by atoms with E-state index in [0.717, 1.165) is 30.9 Å². The van der Waals surface area contributed by atoms with Crippen LogP contribution in [0.1, 0.15) is 45.1 Å². The number of nitrogens with zero attached hydrogens (tertiary/aromatic N) is 1. The number of aryl methyl sites for hydroxylation is 1. The van der Waals surface area contributed by atoms with Crippen LogP contribution in [0.3, 0.4) is 0 Å². The topological polar surface area (TPSA) is 45.5 Å². The van der Waals surface area contributed by atoms with Gasteiger partial charge in [0.15, 0.2) is 0 Å². The van der Waals surface area contributed by atoms with Crippen molar-refractivity contribution in [3.63, 3.8) is 0 Å². The highest BCUT2D eigenvalue weighted by Crippen LogP contribution is 2.24. The van der Waals surface area contributed by atoms with Crippen molar-refractivity contribution in [3.05, 3.63) is 23.7 Å². The smallest absolute Gasteiger partial charge is 0.243 e. The second-order valence-corrected chi connectivity index (χ2v) is 5.90. The van der Waals surface area contributed by atoms with Gasteiger partial charge < -0.3 is 14.6 Å². The molecule has 1 aromatic rings. The van der Waals surface area contributed by atoms with Gasteiger partial charge in [-0.2, -0.15) is 0 Å². The standard InChI is InChI=1S/C15H24N2O2/c1-11(2)17(10-13-7-6-12(3)19-13)14(18)15(4)8-5-9-16-15/h6-7,11,16H,5,8-10H2,1-4H3. The number of amides is 1. The van der Waals surface area contributed by atoms with Crippen molar-refractivity contribution in [2.45, 2.75) is 58.7 Å². The second kappa shape index (κ2) is 5.37. The van der Waals surface area contributed by atoms with Crippen molar-refractivity contribution in [1.82, 2.24) is 10.2 Å². The maximum Gasteiger partial charge on any atom is 0.243 e. The third kappa shape index (κ3) is 3.00. The van der Waals surface area contributed by atoms with Crippen LogP contribution in [-0.2, 0) is 11.3 Å². The van der Waals surface area contributed by atoms with Gasteiger partial charge in [0.05, 0.1) is 12.1 Å². The van der Waals surface area contributed by atoms with Gasteiger partial charge in [0.2, 0.25) is 5.91 Å². The SMILES string of the molecule is Cc1ccc(CN(C(=O)C2(C)CCCN2)C(C)C)o1. The zero-order chi connectivity index (χ0) is 14.0. The summed E-state index contributed by atoms with van der Waals surface area (Å²) in [5, 5.41) is 3.34. The molecule has 1 aliphatic heterocycles. The molecule has 2 heterocycles. The van der Waals surface area contributed by atoms with E-state index in [4.69, 9.17) is 4.42 Å². The van der Waals surface area contributed by atoms with Crippen LogP contribution in [0.25, 0.3) is 0 Å². The Labute approximate surface area is 115 Å². The van der Waals surface area contributed by atoms with E-state index < -0.39 is 5.54 Å². The lowest BCUT2D eigenvalue weighted by molar-refractivity contribution is -0.140. The third-order valence-electron chi connectivity index (χ3n) is 3.85. The predicted octanol–water partition coefficient (Wildman–Crippen LogP) is 2.47. The molecule has 1 amide bonds. The van der Waals surface area contributed by atoms with Gasteiger partial charge in [-0.05, 0) is 59.2 Å². The Morgan fingerprint density at radius 2 is 2.26 bits per heavy atom. The lowest BCUT2D eigenvalue weighted by Crippen LogP contribution is -2.54. The van der Waals surface area contributed by atoms with Crippen LogP contribution in [0.15, 0.2) is 16.5 Å². The van der Waals surface area contributed by atoms with Crippen LogP contribution in [0.2, 0.25) is 0 Å². The molecule has 19 heavy (non-hydrogen) atoms. The molecule has 4 nitrogen and oxygen atoms in total. The molecule has 0 aliphatic carbocycles. The first-order valence-corrected chi connectivity index (χ1v) is 7.04. The fraction of sp³-hybridized carbons (Fsp3) is 0.667. The van der Waals surface area contributed by atoms with E-state index in [1.165, 1.54) is 0 Å². The van der Waals surface area contributed by atoms with Crippen LogP contribution in [0.4, 0.5) is 0 Å². The number of carbonyl (C=O) groups excluding carboxylic acids is 1. The van der Waals surface area contributed by atoms with Crippen molar-refractivity contribution in [2.24, 2.45) is 0 Å². The molecular weight excluding hydrogens is 240 g/mol. The number of hydrogen-bond acceptors (Lipinski definition) is 3. The molecule has 4 heteroatoms. The number of rotatable bonds is 4. The zero-order valence-corrected chi connectivity index (χ0v) is 12.3. The van der Waals surface area contributed by atoms with Gasteiger partial charge in [-0.15, -0.1) is 0 Å². The summed E-state index contributed by atoms with van der Waals surface area (Å²) < 4.78 is 5.60. The summed E-state index contributed by atoms with van der Waals surface area (Å²) in [6, 6.07) is 4.05. The molecule has 1 N–H and O–H groups in total. The molecule has 0 bridgehead atoms. The molecule has 2 rings (SSSR count). The average molecular weight is 264 g/mol. The molecular formula is C15H24N2O2. The minimum Gasteiger partial charge on any atom is -0.464 e. The first-order valence-electron chi connectivity index (χ1n) is 7.04. The molecule has 0 saturated carbocycles. The van der Waals surface area contributed by atoms with Crippen LogP contribution in [-0.4, -0.2) is 28.9 Å². The molecule has 0 radical (unpaired) electrons. The number of nitrogens with one attached hydrogen (secondary N) is 1. The summed E-state index contributed by atoms with van der Waals surface area (Å²) in [5.74, 6) is 1.91. The van der Waals surface area contributed by atoms with Gasteiger partial charge in [-0.25, -0.2) is 0 Å². The highest BCUT2D eigenvalue weighted by Gasteiger charge is 2.39. The average Bonchev–Trinajstić information content (AvgIpc) is 2.95. The van der Waals surface area contributed by atoms with Crippen molar-refractivity contribution in [3.8, 4) is 0 Å². The minimum absolute atomic E-state index is 0.164. The fourth-order valence-electron chi connectivity index (χ4n) is 2.62. The molecule has 1 unspecified atom stereocenters. The van der Waals surface area contributed by atoms with E-state index in [-0.39, 0.29) is 11.9 Å². The summed E-state index contributed by atoms with van der Waals surface area (Å²) >= 11 is 0. The van der Waals surface area contributed by atoms with Crippen molar-refractivity contribution >= 4 is 5.91 Å². The largest absolute Gasteiger partial charge is 0.464 e. The summed E-state index contributed by atoms with van der Waals surface area (Å²) in [6.45, 7) is 9.49. The summed E-state index contributed by atoms with van der Waals surface area (Å²) in [7, 11) is 0. The Bertz CT molecular complexity index is 445. The van der Waals surface area contributed by atoms with Crippen LogP contribution in [0, 0.1) is 6.92 Å². The van der Waals surface area contributed by atoms with E-state index in [9.17, 15) is 4.79 Å². The quantitative estimate of drug-likeness (QED) is 0.908. The van der Waals surface area contributed by atoms with E-state index in [0.29, 0.717) is 6.54 Å². The van der Waals surface area contributed by atoms with E-state index in [1.807, 2.05) is 44.7 Å². The molecule has 106 valence electrons. The fourth-order valence-corrected chi connectivity index (χ4v) is 2.62. The van der Waals surface area contributed by atoms with E-state index in [2.05, 4.69) is 5.32 Å². The predicted molar refractivity (Wildman–Crippen MR) is 74.8 cm³/mol. The molecule has 1 saturated heterocycles. The summed E-state index contributed by atoms with van der Waals surface area (Å²) in [4.78, 5) is 14.6. The van der Waals surface area contributed by atoms with Crippen LogP contribution < -0.4 is 5.32 Å². The minimum atomic E-state index is -0.411. The molecule has 0 aromatic carbocycles. The maximum absolute atomic E-state index is 12.7. The van der Waals surface area contributed by atoms with Gasteiger partial charge in [-0.3, -0.25) is 4.79 Å². The summed E-state index contributed by atoms with van der Waals surface area (Å²) in [6.07, 6.45) is 1.97. The zero-order valence-electron chi connectivity index (χ0n) is 12.3. The molecule has 1 fully saturated rings. The number of hydrogen-bond donors (Lipinski definition) is 1. The van der Waals surface area contributed by atoms with Crippen LogP contribution >= 0.6 is 0 Å². The Balaban J connectivity index is 2.13. The Morgan fingerprint density at radius 3 is 2.74 bits per heavy atom. The van der Waals surface area contributed by atoms with Gasteiger partial charge in [-0.1, -0.05) is 0 Å². The Morgan fingerprint density at radius 1 is 1.53 bits per heavy atom. The van der Waals surface area contributed by atoms with Crippen LogP contribution in [0.5, 0.6) is 0 Å². The van der Waals surface area contributed by atoms with Gasteiger partial charge in [0, 0.05) is 6.04 Å². The summed E-state index contributed by atoms with van der Waals surface area (Å²) in [5.41, 5.74) is -0.411. The first-order chi connectivity index (χ1) is 8.92. The molecule has 1 aliphatic rings. The monoisotopic (exact) mass is 264 g/mol. The maximum atomic E-state index is 12.7. The normalized spacial score (nSPS) is 23.0. The van der Waals surface area contributed by atoms with Crippen molar-refractivity contribution in [1.29, 1.82) is 0 Å². The molecule has 0 spiro atoms.